The molecule has 1 unspecified atom stereocenters. The number of benzene rings is 2. The minimum absolute atomic E-state index is 0.0474. The van der Waals surface area contributed by atoms with Crippen LogP contribution in [0.2, 0.25) is 0 Å². The molecule has 1 atom stereocenters. The van der Waals surface area contributed by atoms with E-state index in [-0.39, 0.29) is 12.0 Å². The monoisotopic (exact) mass is 385 g/mol. The molecule has 28 heavy (non-hydrogen) atoms. The van der Waals surface area contributed by atoms with Crippen LogP contribution in [0.5, 0.6) is 17.2 Å². The molecule has 0 aliphatic carbocycles. The first-order chi connectivity index (χ1) is 13.6. The largest absolute Gasteiger partial charge is 0.497 e. The van der Waals surface area contributed by atoms with Gasteiger partial charge in [-0.05, 0) is 31.0 Å². The molecular formula is C22H27NO5. The number of amides is 1. The lowest BCUT2D eigenvalue weighted by Crippen LogP contribution is -2.37. The highest BCUT2D eigenvalue weighted by atomic mass is 16.5. The van der Waals surface area contributed by atoms with E-state index in [2.05, 4.69) is 0 Å². The van der Waals surface area contributed by atoms with Crippen molar-refractivity contribution in [1.29, 1.82) is 0 Å². The Hall–Kier alpha value is -2.73. The van der Waals surface area contributed by atoms with Crippen molar-refractivity contribution >= 4 is 5.91 Å². The second-order valence-electron chi connectivity index (χ2n) is 6.73. The Bertz CT molecular complexity index is 779. The zero-order valence-corrected chi connectivity index (χ0v) is 16.6. The maximum atomic E-state index is 13.4. The molecule has 1 fully saturated rings. The van der Waals surface area contributed by atoms with E-state index in [1.54, 1.807) is 39.5 Å². The Morgan fingerprint density at radius 3 is 2.39 bits per heavy atom. The summed E-state index contributed by atoms with van der Waals surface area (Å²) < 4.78 is 21.9. The minimum Gasteiger partial charge on any atom is -0.497 e. The van der Waals surface area contributed by atoms with Crippen LogP contribution in [-0.4, -0.2) is 51.4 Å². The summed E-state index contributed by atoms with van der Waals surface area (Å²) in [7, 11) is 4.78. The third-order valence-corrected chi connectivity index (χ3v) is 4.89. The predicted molar refractivity (Wildman–Crippen MR) is 106 cm³/mol. The van der Waals surface area contributed by atoms with Crippen molar-refractivity contribution in [1.82, 2.24) is 4.90 Å². The molecule has 0 bridgehead atoms. The molecule has 1 aliphatic rings. The summed E-state index contributed by atoms with van der Waals surface area (Å²) in [6, 6.07) is 13.0. The predicted octanol–water partition coefficient (Wildman–Crippen LogP) is 3.53. The summed E-state index contributed by atoms with van der Waals surface area (Å²) in [4.78, 5) is 15.2. The maximum Gasteiger partial charge on any atom is 0.254 e. The van der Waals surface area contributed by atoms with E-state index in [1.807, 2.05) is 29.2 Å². The van der Waals surface area contributed by atoms with Gasteiger partial charge in [-0.25, -0.2) is 0 Å². The van der Waals surface area contributed by atoms with Gasteiger partial charge in [0.2, 0.25) is 0 Å². The first-order valence-corrected chi connectivity index (χ1v) is 9.40. The number of carbonyl (C=O) groups excluding carboxylic acids is 1. The molecule has 2 aromatic carbocycles. The number of para-hydroxylation sites is 1. The first-order valence-electron chi connectivity index (χ1n) is 9.40. The molecule has 1 aliphatic heterocycles. The van der Waals surface area contributed by atoms with E-state index >= 15 is 0 Å². The second kappa shape index (κ2) is 9.46. The van der Waals surface area contributed by atoms with Crippen LogP contribution in [0, 0.1) is 0 Å². The number of nitrogens with zero attached hydrogens (tertiary/aromatic N) is 1. The number of hydrogen-bond acceptors (Lipinski definition) is 5. The number of rotatable bonds is 8. The van der Waals surface area contributed by atoms with Gasteiger partial charge in [-0.3, -0.25) is 4.79 Å². The van der Waals surface area contributed by atoms with E-state index in [9.17, 15) is 4.79 Å². The molecule has 6 heteroatoms. The van der Waals surface area contributed by atoms with Gasteiger partial charge in [0.15, 0.2) is 0 Å². The quantitative estimate of drug-likeness (QED) is 0.696. The lowest BCUT2D eigenvalue weighted by Gasteiger charge is -2.26. The molecule has 6 nitrogen and oxygen atoms in total. The van der Waals surface area contributed by atoms with Gasteiger partial charge in [-0.2, -0.15) is 0 Å². The Balaban J connectivity index is 1.90. The number of methoxy groups -OCH3 is 3. The lowest BCUT2D eigenvalue weighted by molar-refractivity contribution is 0.0505. The van der Waals surface area contributed by atoms with E-state index in [0.29, 0.717) is 30.2 Å². The van der Waals surface area contributed by atoms with Crippen molar-refractivity contribution in [3.05, 3.63) is 53.6 Å². The van der Waals surface area contributed by atoms with E-state index in [4.69, 9.17) is 18.9 Å². The number of carbonyl (C=O) groups is 1. The summed E-state index contributed by atoms with van der Waals surface area (Å²) in [5.74, 6) is 1.82. The molecule has 0 N–H and O–H groups in total. The molecule has 2 aromatic rings. The molecule has 1 saturated heterocycles. The summed E-state index contributed by atoms with van der Waals surface area (Å²) in [5, 5.41) is 0. The Morgan fingerprint density at radius 1 is 1.07 bits per heavy atom. The van der Waals surface area contributed by atoms with Crippen LogP contribution in [0.15, 0.2) is 42.5 Å². The summed E-state index contributed by atoms with van der Waals surface area (Å²) in [6.07, 6.45) is 2.03. The average molecular weight is 385 g/mol. The second-order valence-corrected chi connectivity index (χ2v) is 6.73. The zero-order valence-electron chi connectivity index (χ0n) is 16.6. The van der Waals surface area contributed by atoms with Crippen LogP contribution in [-0.2, 0) is 11.3 Å². The van der Waals surface area contributed by atoms with Crippen molar-refractivity contribution in [3.8, 4) is 17.2 Å². The zero-order chi connectivity index (χ0) is 19.9. The van der Waals surface area contributed by atoms with Crippen LogP contribution in [0.3, 0.4) is 0 Å². The number of hydrogen-bond donors (Lipinski definition) is 0. The fourth-order valence-electron chi connectivity index (χ4n) is 3.41. The fourth-order valence-corrected chi connectivity index (χ4v) is 3.41. The van der Waals surface area contributed by atoms with Crippen LogP contribution in [0.4, 0.5) is 0 Å². The van der Waals surface area contributed by atoms with Gasteiger partial charge in [-0.1, -0.05) is 18.2 Å². The highest BCUT2D eigenvalue weighted by molar-refractivity contribution is 5.95. The standard InChI is InChI=1S/C22H27NO5/c1-25-19-11-17(12-20(13-19)26-2)22(24)23(15-18-8-6-10-28-18)14-16-7-4-5-9-21(16)27-3/h4-5,7,9,11-13,18H,6,8,10,14-15H2,1-3H3. The van der Waals surface area contributed by atoms with Gasteiger partial charge >= 0.3 is 0 Å². The molecule has 0 aromatic heterocycles. The van der Waals surface area contributed by atoms with Crippen molar-refractivity contribution < 1.29 is 23.7 Å². The normalized spacial score (nSPS) is 15.9. The van der Waals surface area contributed by atoms with Gasteiger partial charge in [0, 0.05) is 36.9 Å². The highest BCUT2D eigenvalue weighted by Crippen LogP contribution is 2.26. The van der Waals surface area contributed by atoms with Crippen molar-refractivity contribution in [2.24, 2.45) is 0 Å². The van der Waals surface area contributed by atoms with Crippen LogP contribution >= 0.6 is 0 Å². The topological polar surface area (TPSA) is 57.2 Å². The molecular weight excluding hydrogens is 358 g/mol. The van der Waals surface area contributed by atoms with Crippen LogP contribution < -0.4 is 14.2 Å². The number of ether oxygens (including phenoxy) is 4. The van der Waals surface area contributed by atoms with E-state index < -0.39 is 0 Å². The SMILES string of the molecule is COc1cc(OC)cc(C(=O)N(Cc2ccccc2OC)CC2CCCO2)c1. The Morgan fingerprint density at radius 2 is 1.79 bits per heavy atom. The van der Waals surface area contributed by atoms with Gasteiger partial charge < -0.3 is 23.8 Å². The molecule has 0 spiro atoms. The van der Waals surface area contributed by atoms with E-state index in [0.717, 1.165) is 30.8 Å². The van der Waals surface area contributed by atoms with Crippen LogP contribution in [0.25, 0.3) is 0 Å². The third-order valence-electron chi connectivity index (χ3n) is 4.89. The summed E-state index contributed by atoms with van der Waals surface area (Å²) in [6.45, 7) is 1.70. The molecule has 150 valence electrons. The molecule has 3 rings (SSSR count). The molecule has 0 radical (unpaired) electrons. The Kier molecular flexibility index (Phi) is 6.76. The van der Waals surface area contributed by atoms with E-state index in [1.165, 1.54) is 0 Å². The lowest BCUT2D eigenvalue weighted by atomic mass is 10.1. The van der Waals surface area contributed by atoms with Gasteiger partial charge in [-0.15, -0.1) is 0 Å². The van der Waals surface area contributed by atoms with Gasteiger partial charge in [0.1, 0.15) is 17.2 Å². The van der Waals surface area contributed by atoms with Gasteiger partial charge in [0.05, 0.1) is 27.4 Å². The van der Waals surface area contributed by atoms with Gasteiger partial charge in [0.25, 0.3) is 5.91 Å². The minimum atomic E-state index is -0.0985. The van der Waals surface area contributed by atoms with Crippen LogP contribution in [0.1, 0.15) is 28.8 Å². The first kappa shape index (κ1) is 20.0. The molecule has 1 amide bonds. The molecule has 1 heterocycles. The third kappa shape index (κ3) is 4.75. The van der Waals surface area contributed by atoms with Crippen molar-refractivity contribution in [2.45, 2.75) is 25.5 Å². The average Bonchev–Trinajstić information content (AvgIpc) is 3.25. The fraction of sp³-hybridized carbons (Fsp3) is 0.409. The maximum absolute atomic E-state index is 13.4. The van der Waals surface area contributed by atoms with Crippen molar-refractivity contribution in [3.63, 3.8) is 0 Å². The highest BCUT2D eigenvalue weighted by Gasteiger charge is 2.25. The summed E-state index contributed by atoms with van der Waals surface area (Å²) >= 11 is 0. The summed E-state index contributed by atoms with van der Waals surface area (Å²) in [5.41, 5.74) is 1.47. The smallest absolute Gasteiger partial charge is 0.254 e. The molecule has 0 saturated carbocycles. The van der Waals surface area contributed by atoms with Crippen molar-refractivity contribution in [2.75, 3.05) is 34.5 Å². The Labute approximate surface area is 166 Å².